The maximum Gasteiger partial charge on any atom is 0.0326 e. The average Bonchev–Trinajstić information content (AvgIpc) is 1.88. The van der Waals surface area contributed by atoms with E-state index in [1.165, 1.54) is 6.42 Å². The van der Waals surface area contributed by atoms with Crippen LogP contribution in [0.2, 0.25) is 0 Å². The summed E-state index contributed by atoms with van der Waals surface area (Å²) < 4.78 is 20.2. The minimum atomic E-state index is -2.14. The standard InChI is InChI=1S/C5H12N2O2S/c8-10(9)6-7-4-2-1-3-5-7/h6H,1-5H2,(H,8,9)/p-1. The van der Waals surface area contributed by atoms with Gasteiger partial charge in [-0.25, -0.2) is 5.01 Å². The molecule has 1 heterocycles. The Kier molecular flexibility index (Phi) is 3.27. The molecule has 1 saturated heterocycles. The van der Waals surface area contributed by atoms with Crippen LogP contribution < -0.4 is 4.83 Å². The van der Waals surface area contributed by atoms with E-state index in [9.17, 15) is 8.76 Å². The van der Waals surface area contributed by atoms with Crippen molar-refractivity contribution < 1.29 is 8.76 Å². The van der Waals surface area contributed by atoms with Gasteiger partial charge >= 0.3 is 0 Å². The van der Waals surface area contributed by atoms with E-state index >= 15 is 0 Å². The van der Waals surface area contributed by atoms with Crippen molar-refractivity contribution in [3.8, 4) is 0 Å². The fourth-order valence-electron chi connectivity index (χ4n) is 1.09. The van der Waals surface area contributed by atoms with Gasteiger partial charge in [0.25, 0.3) is 0 Å². The molecule has 0 spiro atoms. The summed E-state index contributed by atoms with van der Waals surface area (Å²) in [5.74, 6) is 0. The molecule has 0 amide bonds. The third kappa shape index (κ3) is 2.74. The quantitative estimate of drug-likeness (QED) is 0.572. The summed E-state index contributed by atoms with van der Waals surface area (Å²) in [6.07, 6.45) is 3.39. The number of nitrogens with one attached hydrogen (secondary N) is 1. The van der Waals surface area contributed by atoms with Crippen LogP contribution in [0.5, 0.6) is 0 Å². The maximum atomic E-state index is 10.1. The zero-order valence-corrected chi connectivity index (χ0v) is 6.52. The van der Waals surface area contributed by atoms with Gasteiger partial charge in [-0.05, 0) is 12.8 Å². The van der Waals surface area contributed by atoms with Crippen LogP contribution in [-0.4, -0.2) is 26.9 Å². The van der Waals surface area contributed by atoms with Gasteiger partial charge in [0.1, 0.15) is 0 Å². The van der Waals surface area contributed by atoms with Crippen LogP contribution in [0.25, 0.3) is 0 Å². The first-order valence-electron chi connectivity index (χ1n) is 3.39. The van der Waals surface area contributed by atoms with Crippen molar-refractivity contribution in [1.29, 1.82) is 0 Å². The van der Waals surface area contributed by atoms with E-state index in [0.717, 1.165) is 25.9 Å². The van der Waals surface area contributed by atoms with Crippen molar-refractivity contribution in [3.63, 3.8) is 0 Å². The predicted octanol–water partition coefficient (Wildman–Crippen LogP) is -0.229. The second-order valence-electron chi connectivity index (χ2n) is 2.37. The fourth-order valence-corrected chi connectivity index (χ4v) is 1.48. The number of hydrogen-bond acceptors (Lipinski definition) is 3. The lowest BCUT2D eigenvalue weighted by atomic mass is 10.2. The molecule has 0 saturated carbocycles. The molecule has 0 bridgehead atoms. The molecule has 1 rings (SSSR count). The SMILES string of the molecule is O=S([O-])NN1CCCCC1. The molecule has 1 unspecified atom stereocenters. The Bertz CT molecular complexity index is 125. The maximum absolute atomic E-state index is 10.1. The Labute approximate surface area is 63.0 Å². The topological polar surface area (TPSA) is 55.4 Å². The summed E-state index contributed by atoms with van der Waals surface area (Å²) in [4.78, 5) is 2.33. The largest absolute Gasteiger partial charge is 0.759 e. The van der Waals surface area contributed by atoms with Crippen LogP contribution in [0, 0.1) is 0 Å². The molecule has 5 heteroatoms. The normalized spacial score (nSPS) is 24.5. The highest BCUT2D eigenvalue weighted by Gasteiger charge is 2.08. The van der Waals surface area contributed by atoms with E-state index in [4.69, 9.17) is 0 Å². The second kappa shape index (κ2) is 4.02. The summed E-state index contributed by atoms with van der Waals surface area (Å²) in [7, 11) is 0. The molecule has 1 aliphatic heterocycles. The van der Waals surface area contributed by atoms with E-state index in [1.807, 2.05) is 0 Å². The predicted molar refractivity (Wildman–Crippen MR) is 37.5 cm³/mol. The highest BCUT2D eigenvalue weighted by Crippen LogP contribution is 2.05. The van der Waals surface area contributed by atoms with Crippen molar-refractivity contribution >= 4 is 11.3 Å². The van der Waals surface area contributed by atoms with Crippen molar-refractivity contribution in [2.45, 2.75) is 19.3 Å². The number of rotatable bonds is 2. The smallest absolute Gasteiger partial charge is 0.0326 e. The van der Waals surface area contributed by atoms with Gasteiger partial charge in [0.2, 0.25) is 0 Å². The third-order valence-electron chi connectivity index (χ3n) is 1.56. The Balaban J connectivity index is 2.19. The van der Waals surface area contributed by atoms with Gasteiger partial charge < -0.3 is 4.55 Å². The van der Waals surface area contributed by atoms with Crippen molar-refractivity contribution in [3.05, 3.63) is 0 Å². The third-order valence-corrected chi connectivity index (χ3v) is 1.97. The van der Waals surface area contributed by atoms with Crippen LogP contribution >= 0.6 is 0 Å². The van der Waals surface area contributed by atoms with Gasteiger partial charge in [-0.1, -0.05) is 6.42 Å². The van der Waals surface area contributed by atoms with E-state index in [2.05, 4.69) is 4.83 Å². The molecule has 0 radical (unpaired) electrons. The minimum absolute atomic E-state index is 0.841. The van der Waals surface area contributed by atoms with Crippen LogP contribution in [0.3, 0.4) is 0 Å². The zero-order chi connectivity index (χ0) is 7.40. The monoisotopic (exact) mass is 163 g/mol. The number of hydrazine groups is 1. The molecule has 1 fully saturated rings. The van der Waals surface area contributed by atoms with Crippen molar-refractivity contribution in [2.24, 2.45) is 0 Å². The van der Waals surface area contributed by atoms with Gasteiger partial charge in [-0.3, -0.25) is 4.21 Å². The lowest BCUT2D eigenvalue weighted by Crippen LogP contribution is -2.42. The van der Waals surface area contributed by atoms with Crippen LogP contribution in [-0.2, 0) is 11.3 Å². The second-order valence-corrected chi connectivity index (χ2v) is 3.03. The summed E-state index contributed by atoms with van der Waals surface area (Å²) >= 11 is -2.14. The average molecular weight is 163 g/mol. The molecule has 0 aromatic rings. The van der Waals surface area contributed by atoms with Gasteiger partial charge in [0.15, 0.2) is 0 Å². The number of hydrogen-bond donors (Lipinski definition) is 1. The van der Waals surface area contributed by atoms with E-state index < -0.39 is 11.3 Å². The van der Waals surface area contributed by atoms with Crippen molar-refractivity contribution in [2.75, 3.05) is 13.1 Å². The zero-order valence-electron chi connectivity index (χ0n) is 5.71. The van der Waals surface area contributed by atoms with Gasteiger partial charge in [-0.15, -0.1) is 0 Å². The molecule has 0 aliphatic carbocycles. The Morgan fingerprint density at radius 1 is 1.30 bits per heavy atom. The molecule has 60 valence electrons. The molecule has 0 aromatic carbocycles. The van der Waals surface area contributed by atoms with E-state index in [-0.39, 0.29) is 0 Å². The van der Waals surface area contributed by atoms with Crippen molar-refractivity contribution in [1.82, 2.24) is 9.84 Å². The molecule has 1 atom stereocenters. The summed E-state index contributed by atoms with van der Waals surface area (Å²) in [5.41, 5.74) is 0. The fraction of sp³-hybridized carbons (Fsp3) is 1.00. The Hall–Kier alpha value is 0.0300. The number of nitrogens with zero attached hydrogens (tertiary/aromatic N) is 1. The molecule has 4 nitrogen and oxygen atoms in total. The molecule has 1 aliphatic rings. The first-order valence-corrected chi connectivity index (χ1v) is 4.47. The molecular weight excluding hydrogens is 152 g/mol. The van der Waals surface area contributed by atoms with E-state index in [0.29, 0.717) is 0 Å². The first kappa shape index (κ1) is 8.13. The Morgan fingerprint density at radius 2 is 1.90 bits per heavy atom. The van der Waals surface area contributed by atoms with E-state index in [1.54, 1.807) is 5.01 Å². The minimum Gasteiger partial charge on any atom is -0.759 e. The molecule has 0 aromatic heterocycles. The number of piperidine rings is 1. The highest BCUT2D eigenvalue weighted by atomic mass is 32.2. The Morgan fingerprint density at radius 3 is 2.40 bits per heavy atom. The first-order chi connectivity index (χ1) is 4.79. The molecule has 1 N–H and O–H groups in total. The summed E-state index contributed by atoms with van der Waals surface area (Å²) in [5, 5.41) is 1.73. The summed E-state index contributed by atoms with van der Waals surface area (Å²) in [6, 6.07) is 0. The summed E-state index contributed by atoms with van der Waals surface area (Å²) in [6.45, 7) is 1.68. The lowest BCUT2D eigenvalue weighted by molar-refractivity contribution is 0.197. The highest BCUT2D eigenvalue weighted by molar-refractivity contribution is 7.76. The molecule has 10 heavy (non-hydrogen) atoms. The van der Waals surface area contributed by atoms with Gasteiger partial charge in [0.05, 0.1) is 0 Å². The van der Waals surface area contributed by atoms with Crippen LogP contribution in [0.1, 0.15) is 19.3 Å². The lowest BCUT2D eigenvalue weighted by Gasteiger charge is -2.27. The van der Waals surface area contributed by atoms with Crippen LogP contribution in [0.4, 0.5) is 0 Å². The van der Waals surface area contributed by atoms with Gasteiger partial charge in [-0.2, -0.15) is 4.83 Å². The van der Waals surface area contributed by atoms with Crippen LogP contribution in [0.15, 0.2) is 0 Å². The molecular formula is C5H11N2O2S-. The van der Waals surface area contributed by atoms with Gasteiger partial charge in [0, 0.05) is 24.4 Å².